The molecule has 39 heavy (non-hydrogen) atoms. The third-order valence-electron chi connectivity index (χ3n) is 7.90. The standard InChI is InChI=1S/C27H35F2N7O3/c1-34-11-10-19(14-34)31-24(38)17-8-9-21(18(12-17)15-37)32-26-30-13-22-23(33-26)36(20-6-4-3-5-7-20)16-27(28,29)25(39)35(22)2/h8-9,12-13,19-20,37H,3-7,10-11,14-16H2,1-2H3,(H,31,38)(H,30,32,33)/t19-/m1/s1. The quantitative estimate of drug-likeness (QED) is 0.510. The number of rotatable bonds is 6. The summed E-state index contributed by atoms with van der Waals surface area (Å²) in [5.74, 6) is -4.65. The fraction of sp³-hybridized carbons (Fsp3) is 0.556. The molecule has 0 radical (unpaired) electrons. The van der Waals surface area contributed by atoms with Crippen LogP contribution in [0.25, 0.3) is 0 Å². The highest BCUT2D eigenvalue weighted by molar-refractivity contribution is 6.02. The summed E-state index contributed by atoms with van der Waals surface area (Å²) in [6.45, 7) is 0.639. The zero-order valence-corrected chi connectivity index (χ0v) is 22.3. The molecule has 0 bridgehead atoms. The average Bonchev–Trinajstić information content (AvgIpc) is 3.32. The Morgan fingerprint density at radius 1 is 1.18 bits per heavy atom. The summed E-state index contributed by atoms with van der Waals surface area (Å²) in [4.78, 5) is 38.9. The summed E-state index contributed by atoms with van der Waals surface area (Å²) < 4.78 is 29.8. The monoisotopic (exact) mass is 543 g/mol. The third kappa shape index (κ3) is 5.67. The molecule has 1 saturated carbocycles. The van der Waals surface area contributed by atoms with Crippen molar-refractivity contribution in [1.29, 1.82) is 0 Å². The van der Waals surface area contributed by atoms with Crippen LogP contribution in [0.5, 0.6) is 0 Å². The Labute approximate surface area is 226 Å². The van der Waals surface area contributed by atoms with E-state index in [9.17, 15) is 23.5 Å². The van der Waals surface area contributed by atoms with Gasteiger partial charge in [0.2, 0.25) is 5.95 Å². The van der Waals surface area contributed by atoms with Crippen molar-refractivity contribution >= 4 is 35.0 Å². The number of nitrogens with one attached hydrogen (secondary N) is 2. The highest BCUT2D eigenvalue weighted by Gasteiger charge is 2.48. The molecule has 1 aromatic heterocycles. The van der Waals surface area contributed by atoms with Crippen molar-refractivity contribution in [3.8, 4) is 0 Å². The van der Waals surface area contributed by atoms with E-state index < -0.39 is 18.4 Å². The molecule has 2 aliphatic heterocycles. The number of fused-ring (bicyclic) bond motifs is 1. The highest BCUT2D eigenvalue weighted by atomic mass is 19.3. The Morgan fingerprint density at radius 3 is 2.64 bits per heavy atom. The first kappa shape index (κ1) is 27.2. The fourth-order valence-corrected chi connectivity index (χ4v) is 5.71. The second-order valence-corrected chi connectivity index (χ2v) is 10.8. The van der Waals surface area contributed by atoms with Crippen LogP contribution in [0.2, 0.25) is 0 Å². The third-order valence-corrected chi connectivity index (χ3v) is 7.90. The van der Waals surface area contributed by atoms with Gasteiger partial charge in [0.1, 0.15) is 5.69 Å². The van der Waals surface area contributed by atoms with Crippen molar-refractivity contribution in [2.45, 2.75) is 63.1 Å². The zero-order valence-electron chi connectivity index (χ0n) is 22.3. The van der Waals surface area contributed by atoms with Gasteiger partial charge in [-0.1, -0.05) is 19.3 Å². The van der Waals surface area contributed by atoms with Crippen LogP contribution in [0.4, 0.5) is 31.9 Å². The summed E-state index contributed by atoms with van der Waals surface area (Å²) in [5, 5.41) is 16.1. The number of benzene rings is 1. The van der Waals surface area contributed by atoms with E-state index in [0.717, 1.165) is 56.5 Å². The van der Waals surface area contributed by atoms with Crippen LogP contribution in [0.15, 0.2) is 24.4 Å². The lowest BCUT2D eigenvalue weighted by atomic mass is 9.94. The predicted octanol–water partition coefficient (Wildman–Crippen LogP) is 2.90. The van der Waals surface area contributed by atoms with Crippen LogP contribution in [0, 0.1) is 0 Å². The summed E-state index contributed by atoms with van der Waals surface area (Å²) in [5.41, 5.74) is 1.60. The lowest BCUT2D eigenvalue weighted by Crippen LogP contribution is -2.49. The second-order valence-electron chi connectivity index (χ2n) is 10.8. The van der Waals surface area contributed by atoms with Crippen molar-refractivity contribution in [3.63, 3.8) is 0 Å². The van der Waals surface area contributed by atoms with Crippen LogP contribution in [0.3, 0.4) is 0 Å². The average molecular weight is 544 g/mol. The summed E-state index contributed by atoms with van der Waals surface area (Å²) in [7, 11) is 3.32. The number of alkyl halides is 2. The number of aromatic nitrogens is 2. The number of aliphatic hydroxyl groups is 1. The van der Waals surface area contributed by atoms with E-state index in [1.54, 1.807) is 23.1 Å². The number of hydrogen-bond acceptors (Lipinski definition) is 8. The van der Waals surface area contributed by atoms with Crippen molar-refractivity contribution in [2.75, 3.05) is 48.8 Å². The molecular weight excluding hydrogens is 508 g/mol. The van der Waals surface area contributed by atoms with E-state index in [0.29, 0.717) is 16.8 Å². The second kappa shape index (κ2) is 11.0. The maximum absolute atomic E-state index is 14.9. The van der Waals surface area contributed by atoms with Crippen molar-refractivity contribution in [2.24, 2.45) is 0 Å². The minimum Gasteiger partial charge on any atom is -0.392 e. The number of carbonyl (C=O) groups excluding carboxylic acids is 2. The molecule has 12 heteroatoms. The van der Waals surface area contributed by atoms with Crippen LogP contribution in [-0.2, 0) is 11.4 Å². The number of halogens is 2. The van der Waals surface area contributed by atoms with Crippen LogP contribution >= 0.6 is 0 Å². The molecule has 1 aromatic carbocycles. The predicted molar refractivity (Wildman–Crippen MR) is 144 cm³/mol. The number of anilines is 4. The Balaban J connectivity index is 1.41. The van der Waals surface area contributed by atoms with Gasteiger partial charge in [0, 0.05) is 42.5 Å². The van der Waals surface area contributed by atoms with E-state index in [2.05, 4.69) is 25.5 Å². The molecule has 210 valence electrons. The van der Waals surface area contributed by atoms with E-state index >= 15 is 0 Å². The molecule has 2 fully saturated rings. The molecule has 1 atom stereocenters. The van der Waals surface area contributed by atoms with E-state index in [1.807, 2.05) is 7.05 Å². The van der Waals surface area contributed by atoms with Gasteiger partial charge in [0.05, 0.1) is 19.3 Å². The SMILES string of the molecule is CN1CC[C@@H](NC(=O)c2ccc(Nc3ncc4c(n3)N(C3CCCCC3)CC(F)(F)C(=O)N4C)c(CO)c2)C1. The number of carbonyl (C=O) groups is 2. The molecule has 10 nitrogen and oxygen atoms in total. The van der Waals surface area contributed by atoms with Gasteiger partial charge in [-0.05, 0) is 51.1 Å². The van der Waals surface area contributed by atoms with E-state index in [1.165, 1.54) is 13.2 Å². The van der Waals surface area contributed by atoms with Crippen LogP contribution < -0.4 is 20.4 Å². The molecular formula is C27H35F2N7O3. The van der Waals surface area contributed by atoms with Gasteiger partial charge in [0.15, 0.2) is 5.82 Å². The molecule has 3 aliphatic rings. The lowest BCUT2D eigenvalue weighted by molar-refractivity contribution is -0.140. The molecule has 5 rings (SSSR count). The van der Waals surface area contributed by atoms with Crippen LogP contribution in [-0.4, -0.2) is 83.5 Å². The smallest absolute Gasteiger partial charge is 0.342 e. The Hall–Kier alpha value is -3.38. The molecule has 0 unspecified atom stereocenters. The largest absolute Gasteiger partial charge is 0.392 e. The molecule has 2 amide bonds. The highest BCUT2D eigenvalue weighted by Crippen LogP contribution is 2.39. The Bertz CT molecular complexity index is 1240. The number of likely N-dealkylation sites (N-methyl/N-ethyl adjacent to an activating group) is 1. The molecule has 1 aliphatic carbocycles. The summed E-state index contributed by atoms with van der Waals surface area (Å²) in [6, 6.07) is 4.85. The number of amides is 2. The number of hydrogen-bond donors (Lipinski definition) is 3. The molecule has 2 aromatic rings. The zero-order chi connectivity index (χ0) is 27.7. The minimum absolute atomic E-state index is 0.0790. The van der Waals surface area contributed by atoms with Crippen molar-refractivity contribution < 1.29 is 23.5 Å². The Kier molecular flexibility index (Phi) is 7.68. The van der Waals surface area contributed by atoms with Gasteiger partial charge in [-0.2, -0.15) is 13.8 Å². The van der Waals surface area contributed by atoms with Gasteiger partial charge in [-0.3, -0.25) is 9.59 Å². The summed E-state index contributed by atoms with van der Waals surface area (Å²) >= 11 is 0. The molecule has 0 spiro atoms. The van der Waals surface area contributed by atoms with Crippen molar-refractivity contribution in [1.82, 2.24) is 20.2 Å². The fourth-order valence-electron chi connectivity index (χ4n) is 5.71. The number of likely N-dealkylation sites (tertiary alicyclic amines) is 1. The molecule has 1 saturated heterocycles. The van der Waals surface area contributed by atoms with Gasteiger partial charge in [-0.25, -0.2) is 4.98 Å². The maximum Gasteiger partial charge on any atom is 0.342 e. The van der Waals surface area contributed by atoms with E-state index in [-0.39, 0.29) is 42.1 Å². The summed E-state index contributed by atoms with van der Waals surface area (Å²) in [6.07, 6.45) is 6.66. The van der Waals surface area contributed by atoms with Crippen LogP contribution in [0.1, 0.15) is 54.4 Å². The Morgan fingerprint density at radius 2 is 1.95 bits per heavy atom. The normalized spacial score (nSPS) is 22.0. The topological polar surface area (TPSA) is 114 Å². The number of nitrogens with zero attached hydrogens (tertiary/aromatic N) is 5. The first-order valence-corrected chi connectivity index (χ1v) is 13.5. The molecule has 3 N–H and O–H groups in total. The first-order valence-electron chi connectivity index (χ1n) is 13.5. The first-order chi connectivity index (χ1) is 18.7. The number of aliphatic hydroxyl groups excluding tert-OH is 1. The van der Waals surface area contributed by atoms with Gasteiger partial charge in [0.25, 0.3) is 11.8 Å². The van der Waals surface area contributed by atoms with Gasteiger partial charge >= 0.3 is 5.92 Å². The van der Waals surface area contributed by atoms with Gasteiger partial charge < -0.3 is 30.4 Å². The minimum atomic E-state index is -3.56. The lowest BCUT2D eigenvalue weighted by Gasteiger charge is -2.35. The van der Waals surface area contributed by atoms with E-state index in [4.69, 9.17) is 0 Å². The maximum atomic E-state index is 14.9. The van der Waals surface area contributed by atoms with Crippen molar-refractivity contribution in [3.05, 3.63) is 35.5 Å². The molecule has 3 heterocycles. The van der Waals surface area contributed by atoms with Gasteiger partial charge in [-0.15, -0.1) is 0 Å².